The molecule has 1 unspecified atom stereocenters. The van der Waals surface area contributed by atoms with Gasteiger partial charge in [-0.3, -0.25) is 4.79 Å². The Morgan fingerprint density at radius 2 is 2.00 bits per heavy atom. The first-order valence-electron chi connectivity index (χ1n) is 6.22. The number of hydrogen-bond donors (Lipinski definition) is 3. The van der Waals surface area contributed by atoms with Crippen molar-refractivity contribution in [3.8, 4) is 0 Å². The molecule has 19 heavy (non-hydrogen) atoms. The average Bonchev–Trinajstić information content (AvgIpc) is 2.30. The highest BCUT2D eigenvalue weighted by molar-refractivity contribution is 5.95. The molecular weight excluding hydrogens is 242 g/mol. The summed E-state index contributed by atoms with van der Waals surface area (Å²) in [7, 11) is 3.39. The zero-order chi connectivity index (χ0) is 14.8. The molecule has 0 spiro atoms. The van der Waals surface area contributed by atoms with E-state index in [1.165, 1.54) is 4.90 Å². The second kappa shape index (κ2) is 5.48. The van der Waals surface area contributed by atoms with E-state index in [4.69, 9.17) is 5.73 Å². The fraction of sp³-hybridized carbons (Fsp3) is 0.500. The van der Waals surface area contributed by atoms with Gasteiger partial charge in [0.05, 0.1) is 23.0 Å². The minimum absolute atomic E-state index is 0.0898. The number of carbonyl (C=O) groups is 1. The van der Waals surface area contributed by atoms with Crippen molar-refractivity contribution in [1.82, 2.24) is 4.90 Å². The fourth-order valence-electron chi connectivity index (χ4n) is 1.52. The van der Waals surface area contributed by atoms with Crippen molar-refractivity contribution < 1.29 is 9.90 Å². The lowest BCUT2D eigenvalue weighted by molar-refractivity contribution is 0.0827. The molecule has 0 bridgehead atoms. The van der Waals surface area contributed by atoms with Gasteiger partial charge < -0.3 is 21.1 Å². The van der Waals surface area contributed by atoms with Crippen LogP contribution in [0.1, 0.15) is 31.1 Å². The molecule has 1 aromatic carbocycles. The lowest BCUT2D eigenvalue weighted by Gasteiger charge is -2.31. The summed E-state index contributed by atoms with van der Waals surface area (Å²) in [6.07, 6.45) is -0.532. The molecule has 0 aliphatic carbocycles. The number of anilines is 2. The Bertz CT molecular complexity index is 468. The fourth-order valence-corrected chi connectivity index (χ4v) is 1.52. The molecule has 1 aromatic rings. The van der Waals surface area contributed by atoms with Gasteiger partial charge in [-0.15, -0.1) is 0 Å². The molecule has 0 fully saturated rings. The van der Waals surface area contributed by atoms with Crippen molar-refractivity contribution >= 4 is 17.3 Å². The van der Waals surface area contributed by atoms with Crippen LogP contribution in [0.2, 0.25) is 0 Å². The van der Waals surface area contributed by atoms with E-state index in [9.17, 15) is 9.90 Å². The number of rotatable bonds is 4. The number of aliphatic hydroxyl groups is 1. The van der Waals surface area contributed by atoms with Crippen LogP contribution in [-0.4, -0.2) is 41.7 Å². The number of benzene rings is 1. The van der Waals surface area contributed by atoms with Crippen LogP contribution in [0, 0.1) is 0 Å². The Kier molecular flexibility index (Phi) is 4.42. The smallest absolute Gasteiger partial charge is 0.253 e. The second-order valence-electron chi connectivity index (χ2n) is 5.52. The molecule has 1 atom stereocenters. The Hall–Kier alpha value is -1.75. The zero-order valence-corrected chi connectivity index (χ0v) is 12.2. The van der Waals surface area contributed by atoms with Gasteiger partial charge in [0.25, 0.3) is 5.91 Å². The van der Waals surface area contributed by atoms with Gasteiger partial charge in [0.15, 0.2) is 0 Å². The van der Waals surface area contributed by atoms with Gasteiger partial charge in [0, 0.05) is 19.7 Å². The molecule has 0 saturated carbocycles. The summed E-state index contributed by atoms with van der Waals surface area (Å²) in [5.41, 5.74) is 7.19. The van der Waals surface area contributed by atoms with E-state index in [-0.39, 0.29) is 5.91 Å². The minimum atomic E-state index is -0.532. The molecule has 0 aromatic heterocycles. The third-order valence-corrected chi connectivity index (χ3v) is 3.21. The zero-order valence-electron chi connectivity index (χ0n) is 12.2. The summed E-state index contributed by atoms with van der Waals surface area (Å²) in [5, 5.41) is 12.9. The predicted molar refractivity (Wildman–Crippen MR) is 78.3 cm³/mol. The summed E-state index contributed by atoms with van der Waals surface area (Å²) < 4.78 is 0. The van der Waals surface area contributed by atoms with Crippen LogP contribution in [0.5, 0.6) is 0 Å². The second-order valence-corrected chi connectivity index (χ2v) is 5.52. The maximum absolute atomic E-state index is 11.8. The van der Waals surface area contributed by atoms with E-state index >= 15 is 0 Å². The number of nitrogens with one attached hydrogen (secondary N) is 1. The van der Waals surface area contributed by atoms with E-state index in [2.05, 4.69) is 5.32 Å². The van der Waals surface area contributed by atoms with Crippen molar-refractivity contribution in [1.29, 1.82) is 0 Å². The number of hydrogen-bond acceptors (Lipinski definition) is 4. The normalized spacial score (nSPS) is 12.9. The lowest BCUT2D eigenvalue weighted by atomic mass is 9.98. The van der Waals surface area contributed by atoms with Crippen molar-refractivity contribution in [2.75, 3.05) is 25.1 Å². The molecule has 5 nitrogen and oxygen atoms in total. The van der Waals surface area contributed by atoms with Crippen molar-refractivity contribution in [3.05, 3.63) is 23.8 Å². The summed E-state index contributed by atoms with van der Waals surface area (Å²) >= 11 is 0. The summed E-state index contributed by atoms with van der Waals surface area (Å²) in [5.74, 6) is -0.0898. The van der Waals surface area contributed by atoms with Crippen LogP contribution in [0.25, 0.3) is 0 Å². The van der Waals surface area contributed by atoms with Crippen LogP contribution >= 0.6 is 0 Å². The van der Waals surface area contributed by atoms with E-state index in [0.717, 1.165) is 0 Å². The van der Waals surface area contributed by atoms with Crippen molar-refractivity contribution in [2.45, 2.75) is 32.4 Å². The van der Waals surface area contributed by atoms with Crippen LogP contribution < -0.4 is 11.1 Å². The number of nitrogen functional groups attached to an aromatic ring is 1. The van der Waals surface area contributed by atoms with Crippen LogP contribution in [-0.2, 0) is 0 Å². The molecule has 0 aliphatic rings. The van der Waals surface area contributed by atoms with Gasteiger partial charge >= 0.3 is 0 Å². The van der Waals surface area contributed by atoms with Gasteiger partial charge in [-0.05, 0) is 39.0 Å². The van der Waals surface area contributed by atoms with Gasteiger partial charge in [0.1, 0.15) is 0 Å². The molecule has 4 N–H and O–H groups in total. The van der Waals surface area contributed by atoms with E-state index in [1.54, 1.807) is 39.2 Å². The number of aliphatic hydroxyl groups excluding tert-OH is 1. The Labute approximate surface area is 114 Å². The molecular formula is C14H23N3O2. The first-order chi connectivity index (χ1) is 8.65. The molecule has 0 heterocycles. The lowest BCUT2D eigenvalue weighted by Crippen LogP contribution is -2.42. The van der Waals surface area contributed by atoms with E-state index in [1.807, 2.05) is 13.8 Å². The Morgan fingerprint density at radius 1 is 1.42 bits per heavy atom. The minimum Gasteiger partial charge on any atom is -0.397 e. The Balaban J connectivity index is 2.99. The molecule has 0 radical (unpaired) electrons. The van der Waals surface area contributed by atoms with Crippen LogP contribution in [0.3, 0.4) is 0 Å². The third-order valence-electron chi connectivity index (χ3n) is 3.21. The molecule has 1 rings (SSSR count). The quantitative estimate of drug-likeness (QED) is 0.722. The van der Waals surface area contributed by atoms with Gasteiger partial charge in [-0.25, -0.2) is 0 Å². The molecule has 0 saturated heterocycles. The number of nitrogens with zero attached hydrogens (tertiary/aromatic N) is 1. The van der Waals surface area contributed by atoms with Crippen molar-refractivity contribution in [2.24, 2.45) is 0 Å². The topological polar surface area (TPSA) is 78.6 Å². The highest BCUT2D eigenvalue weighted by Gasteiger charge is 2.24. The Morgan fingerprint density at radius 3 is 2.42 bits per heavy atom. The number of nitrogens with two attached hydrogens (primary N) is 1. The SMILES string of the molecule is CC(O)C(C)(C)Nc1ccc(C(=O)N(C)C)cc1N. The average molecular weight is 265 g/mol. The largest absolute Gasteiger partial charge is 0.397 e. The standard InChI is InChI=1S/C14H23N3O2/c1-9(18)14(2,3)16-12-7-6-10(8-11(12)15)13(19)17(4)5/h6-9,16,18H,15H2,1-5H3. The molecule has 5 heteroatoms. The van der Waals surface area contributed by atoms with E-state index in [0.29, 0.717) is 16.9 Å². The first kappa shape index (κ1) is 15.3. The molecule has 0 aliphatic heterocycles. The third kappa shape index (κ3) is 3.61. The summed E-state index contributed by atoms with van der Waals surface area (Å²) in [4.78, 5) is 13.3. The van der Waals surface area contributed by atoms with Gasteiger partial charge in [-0.2, -0.15) is 0 Å². The van der Waals surface area contributed by atoms with Crippen LogP contribution in [0.4, 0.5) is 11.4 Å². The summed E-state index contributed by atoms with van der Waals surface area (Å²) in [6.45, 7) is 5.49. The highest BCUT2D eigenvalue weighted by Crippen LogP contribution is 2.25. The number of amides is 1. The highest BCUT2D eigenvalue weighted by atomic mass is 16.3. The maximum Gasteiger partial charge on any atom is 0.253 e. The molecule has 1 amide bonds. The monoisotopic (exact) mass is 265 g/mol. The first-order valence-corrected chi connectivity index (χ1v) is 6.22. The van der Waals surface area contributed by atoms with E-state index < -0.39 is 11.6 Å². The summed E-state index contributed by atoms with van der Waals surface area (Å²) in [6, 6.07) is 5.12. The molecule has 106 valence electrons. The van der Waals surface area contributed by atoms with Crippen LogP contribution in [0.15, 0.2) is 18.2 Å². The van der Waals surface area contributed by atoms with Gasteiger partial charge in [0.2, 0.25) is 0 Å². The maximum atomic E-state index is 11.8. The predicted octanol–water partition coefficient (Wildman–Crippen LogP) is 1.54. The van der Waals surface area contributed by atoms with Gasteiger partial charge in [-0.1, -0.05) is 0 Å². The number of carbonyl (C=O) groups excluding carboxylic acids is 1. The van der Waals surface area contributed by atoms with Crippen molar-refractivity contribution in [3.63, 3.8) is 0 Å².